The van der Waals surface area contributed by atoms with E-state index in [9.17, 15) is 0 Å². The highest BCUT2D eigenvalue weighted by Gasteiger charge is 2.09. The van der Waals surface area contributed by atoms with E-state index < -0.39 is 0 Å². The van der Waals surface area contributed by atoms with E-state index in [0.29, 0.717) is 5.88 Å². The molecule has 0 fully saturated rings. The van der Waals surface area contributed by atoms with Gasteiger partial charge in [0.15, 0.2) is 0 Å². The summed E-state index contributed by atoms with van der Waals surface area (Å²) in [5, 5.41) is 0.914. The molecular weight excluding hydrogens is 208 g/mol. The molecule has 0 unspecified atom stereocenters. The van der Waals surface area contributed by atoms with Crippen molar-refractivity contribution in [3.63, 3.8) is 0 Å². The molecular formula is C11H10N2OS. The summed E-state index contributed by atoms with van der Waals surface area (Å²) < 4.78 is 5.18. The predicted molar refractivity (Wildman–Crippen MR) is 60.9 cm³/mol. The van der Waals surface area contributed by atoms with Crippen LogP contribution in [0, 0.1) is 6.92 Å². The molecule has 3 nitrogen and oxygen atoms in total. The molecule has 4 heteroatoms. The minimum Gasteiger partial charge on any atom is -0.446 e. The summed E-state index contributed by atoms with van der Waals surface area (Å²) in [7, 11) is 0. The third-order valence-electron chi connectivity index (χ3n) is 1.86. The zero-order valence-corrected chi connectivity index (χ0v) is 9.12. The quantitative estimate of drug-likeness (QED) is 0.743. The van der Waals surface area contributed by atoms with Crippen LogP contribution in [0.3, 0.4) is 0 Å². The number of thiazole rings is 1. The topological polar surface area (TPSA) is 35.0 Å². The lowest BCUT2D eigenvalue weighted by atomic mass is 10.3. The lowest BCUT2D eigenvalue weighted by molar-refractivity contribution is 0.464. The second kappa shape index (κ2) is 4.23. The van der Waals surface area contributed by atoms with E-state index in [1.807, 2.05) is 19.1 Å². The van der Waals surface area contributed by atoms with Crippen molar-refractivity contribution in [3.05, 3.63) is 42.2 Å². The Kier molecular flexibility index (Phi) is 2.78. The van der Waals surface area contributed by atoms with E-state index in [2.05, 4.69) is 16.5 Å². The van der Waals surface area contributed by atoms with Gasteiger partial charge in [0, 0.05) is 18.0 Å². The van der Waals surface area contributed by atoms with Crippen LogP contribution in [0.4, 0.5) is 0 Å². The summed E-state index contributed by atoms with van der Waals surface area (Å²) in [5.41, 5.74) is 1.00. The van der Waals surface area contributed by atoms with E-state index in [-0.39, 0.29) is 0 Å². The van der Waals surface area contributed by atoms with Gasteiger partial charge in [-0.2, -0.15) is 0 Å². The zero-order chi connectivity index (χ0) is 10.7. The molecule has 0 atom stereocenters. The standard InChI is InChI=1S/C11H10N2OS/c1-3-14-10-8(2)15-11(13-10)9-5-4-6-12-7-9/h3-7H,1H2,2H3. The number of nitrogens with zero attached hydrogens (tertiary/aromatic N) is 2. The summed E-state index contributed by atoms with van der Waals surface area (Å²) in [5.74, 6) is 0.619. The van der Waals surface area contributed by atoms with Gasteiger partial charge in [-0.15, -0.1) is 11.3 Å². The molecule has 2 aromatic rings. The lowest BCUT2D eigenvalue weighted by Gasteiger charge is -1.93. The van der Waals surface area contributed by atoms with Gasteiger partial charge in [0.25, 0.3) is 0 Å². The van der Waals surface area contributed by atoms with Gasteiger partial charge >= 0.3 is 0 Å². The van der Waals surface area contributed by atoms with Crippen molar-refractivity contribution in [1.29, 1.82) is 0 Å². The summed E-state index contributed by atoms with van der Waals surface area (Å²) in [6.07, 6.45) is 4.91. The largest absolute Gasteiger partial charge is 0.446 e. The molecule has 2 heterocycles. The van der Waals surface area contributed by atoms with Crippen LogP contribution in [0.15, 0.2) is 37.4 Å². The van der Waals surface area contributed by atoms with Gasteiger partial charge in [-0.1, -0.05) is 6.58 Å². The van der Waals surface area contributed by atoms with Crippen LogP contribution in [-0.2, 0) is 0 Å². The van der Waals surface area contributed by atoms with Crippen molar-refractivity contribution < 1.29 is 4.74 Å². The molecule has 76 valence electrons. The Hall–Kier alpha value is -1.68. The highest BCUT2D eigenvalue weighted by atomic mass is 32.1. The van der Waals surface area contributed by atoms with Gasteiger partial charge in [-0.05, 0) is 19.1 Å². The number of hydrogen-bond acceptors (Lipinski definition) is 4. The second-order valence-corrected chi connectivity index (χ2v) is 4.11. The van der Waals surface area contributed by atoms with Crippen molar-refractivity contribution in [2.75, 3.05) is 0 Å². The maximum atomic E-state index is 5.18. The van der Waals surface area contributed by atoms with Crippen molar-refractivity contribution >= 4 is 11.3 Å². The Bertz CT molecular complexity index is 465. The van der Waals surface area contributed by atoms with E-state index in [1.54, 1.807) is 23.7 Å². The van der Waals surface area contributed by atoms with Crippen LogP contribution in [0.5, 0.6) is 5.88 Å². The molecule has 0 aromatic carbocycles. The van der Waals surface area contributed by atoms with Crippen molar-refractivity contribution in [3.8, 4) is 16.5 Å². The van der Waals surface area contributed by atoms with Crippen LogP contribution in [-0.4, -0.2) is 9.97 Å². The maximum Gasteiger partial charge on any atom is 0.232 e. The molecule has 2 rings (SSSR count). The fraction of sp³-hybridized carbons (Fsp3) is 0.0909. The van der Waals surface area contributed by atoms with Gasteiger partial charge in [0.1, 0.15) is 5.01 Å². The molecule has 0 saturated carbocycles. The molecule has 15 heavy (non-hydrogen) atoms. The number of pyridine rings is 1. The molecule has 0 saturated heterocycles. The smallest absolute Gasteiger partial charge is 0.232 e. The van der Waals surface area contributed by atoms with E-state index >= 15 is 0 Å². The van der Waals surface area contributed by atoms with Crippen molar-refractivity contribution in [2.45, 2.75) is 6.92 Å². The van der Waals surface area contributed by atoms with E-state index in [4.69, 9.17) is 4.74 Å². The first-order valence-corrected chi connectivity index (χ1v) is 5.28. The summed E-state index contributed by atoms with van der Waals surface area (Å²) in [4.78, 5) is 9.44. The molecule has 0 aliphatic heterocycles. The fourth-order valence-electron chi connectivity index (χ4n) is 1.18. The number of ether oxygens (including phenoxy) is 1. The summed E-state index contributed by atoms with van der Waals surface area (Å²) in [6.45, 7) is 5.48. The first-order valence-electron chi connectivity index (χ1n) is 4.46. The SMILES string of the molecule is C=COc1nc(-c2cccnc2)sc1C. The number of hydrogen-bond donors (Lipinski definition) is 0. The van der Waals surface area contributed by atoms with Crippen LogP contribution >= 0.6 is 11.3 Å². The van der Waals surface area contributed by atoms with Crippen LogP contribution in [0.1, 0.15) is 4.88 Å². The number of aryl methyl sites for hydroxylation is 1. The van der Waals surface area contributed by atoms with Gasteiger partial charge < -0.3 is 4.74 Å². The Morgan fingerprint density at radius 1 is 1.53 bits per heavy atom. The first kappa shape index (κ1) is 9.86. The molecule has 0 bridgehead atoms. The van der Waals surface area contributed by atoms with Gasteiger partial charge in [-0.25, -0.2) is 4.98 Å². The van der Waals surface area contributed by atoms with E-state index in [1.165, 1.54) is 6.26 Å². The molecule has 0 spiro atoms. The van der Waals surface area contributed by atoms with E-state index in [0.717, 1.165) is 15.4 Å². The normalized spacial score (nSPS) is 9.93. The average Bonchev–Trinajstić information content (AvgIpc) is 2.63. The highest BCUT2D eigenvalue weighted by Crippen LogP contribution is 2.31. The van der Waals surface area contributed by atoms with Crippen LogP contribution in [0.2, 0.25) is 0 Å². The molecule has 0 amide bonds. The Balaban J connectivity index is 2.38. The van der Waals surface area contributed by atoms with Crippen molar-refractivity contribution in [1.82, 2.24) is 9.97 Å². The zero-order valence-electron chi connectivity index (χ0n) is 8.30. The first-order chi connectivity index (χ1) is 7.31. The molecule has 2 aromatic heterocycles. The number of rotatable bonds is 3. The lowest BCUT2D eigenvalue weighted by Crippen LogP contribution is -1.83. The second-order valence-electron chi connectivity index (χ2n) is 2.91. The maximum absolute atomic E-state index is 5.18. The Morgan fingerprint density at radius 2 is 2.40 bits per heavy atom. The summed E-state index contributed by atoms with van der Waals surface area (Å²) in [6, 6.07) is 3.86. The van der Waals surface area contributed by atoms with Crippen molar-refractivity contribution in [2.24, 2.45) is 0 Å². The molecule has 0 N–H and O–H groups in total. The van der Waals surface area contributed by atoms with Gasteiger partial charge in [0.2, 0.25) is 5.88 Å². The number of aromatic nitrogens is 2. The highest BCUT2D eigenvalue weighted by molar-refractivity contribution is 7.15. The summed E-state index contributed by atoms with van der Waals surface area (Å²) >= 11 is 1.58. The fourth-order valence-corrected chi connectivity index (χ4v) is 2.02. The van der Waals surface area contributed by atoms with Crippen LogP contribution < -0.4 is 4.74 Å². The van der Waals surface area contributed by atoms with Gasteiger partial charge in [-0.3, -0.25) is 4.98 Å². The molecule has 0 aliphatic carbocycles. The third-order valence-corrected chi connectivity index (χ3v) is 2.86. The minimum atomic E-state index is 0.619. The Morgan fingerprint density at radius 3 is 3.07 bits per heavy atom. The average molecular weight is 218 g/mol. The Labute approximate surface area is 92.1 Å². The van der Waals surface area contributed by atoms with Gasteiger partial charge in [0.05, 0.1) is 11.1 Å². The molecule has 0 radical (unpaired) electrons. The monoisotopic (exact) mass is 218 g/mol. The third kappa shape index (κ3) is 2.05. The predicted octanol–water partition coefficient (Wildman–Crippen LogP) is 3.04. The minimum absolute atomic E-state index is 0.619. The molecule has 0 aliphatic rings. The van der Waals surface area contributed by atoms with Crippen LogP contribution in [0.25, 0.3) is 10.6 Å².